The summed E-state index contributed by atoms with van der Waals surface area (Å²) < 4.78 is 5.77. The SMILES string of the molecule is CC(C)[C@H](C(=O)NCc1ccncc1)N1C[C@@H](C)O[C@@H](C)C1. The predicted molar refractivity (Wildman–Crippen MR) is 86.3 cm³/mol. The van der Waals surface area contributed by atoms with E-state index < -0.39 is 0 Å². The van der Waals surface area contributed by atoms with Crippen molar-refractivity contribution in [1.82, 2.24) is 15.2 Å². The summed E-state index contributed by atoms with van der Waals surface area (Å²) in [5.74, 6) is 0.350. The van der Waals surface area contributed by atoms with Crippen molar-refractivity contribution in [3.05, 3.63) is 30.1 Å². The van der Waals surface area contributed by atoms with E-state index in [1.807, 2.05) is 12.1 Å². The third-order valence-electron chi connectivity index (χ3n) is 3.96. The molecule has 0 unspecified atom stereocenters. The number of pyridine rings is 1. The van der Waals surface area contributed by atoms with E-state index in [1.165, 1.54) is 0 Å². The molecule has 0 bridgehead atoms. The normalized spacial score (nSPS) is 24.2. The standard InChI is InChI=1S/C17H27N3O2/c1-12(2)16(20-10-13(3)22-14(4)11-20)17(21)19-9-15-5-7-18-8-6-15/h5-8,12-14,16H,9-11H2,1-4H3,(H,19,21)/t13-,14+,16-/m1/s1. The highest BCUT2D eigenvalue weighted by Crippen LogP contribution is 2.18. The van der Waals surface area contributed by atoms with Crippen molar-refractivity contribution in [1.29, 1.82) is 0 Å². The molecule has 1 amide bonds. The molecule has 1 aromatic heterocycles. The molecule has 22 heavy (non-hydrogen) atoms. The van der Waals surface area contributed by atoms with Crippen LogP contribution in [-0.2, 0) is 16.1 Å². The minimum absolute atomic E-state index is 0.0908. The molecule has 2 rings (SSSR count). The molecule has 5 heteroatoms. The summed E-state index contributed by atoms with van der Waals surface area (Å²) >= 11 is 0. The van der Waals surface area contributed by atoms with Crippen LogP contribution in [0.3, 0.4) is 0 Å². The number of aromatic nitrogens is 1. The summed E-state index contributed by atoms with van der Waals surface area (Å²) in [7, 11) is 0. The predicted octanol–water partition coefficient (Wildman–Crippen LogP) is 1.83. The Bertz CT molecular complexity index is 468. The Balaban J connectivity index is 1.99. The van der Waals surface area contributed by atoms with E-state index in [2.05, 4.69) is 42.9 Å². The minimum atomic E-state index is -0.115. The van der Waals surface area contributed by atoms with Crippen LogP contribution in [0.25, 0.3) is 0 Å². The Hall–Kier alpha value is -1.46. The zero-order valence-electron chi connectivity index (χ0n) is 14.0. The molecule has 122 valence electrons. The zero-order valence-corrected chi connectivity index (χ0v) is 14.0. The summed E-state index contributed by atoms with van der Waals surface area (Å²) in [6.07, 6.45) is 3.82. The van der Waals surface area contributed by atoms with Gasteiger partial charge in [-0.1, -0.05) is 13.8 Å². The number of morpholine rings is 1. The Morgan fingerprint density at radius 1 is 1.32 bits per heavy atom. The molecule has 1 aliphatic rings. The van der Waals surface area contributed by atoms with Crippen LogP contribution in [0.1, 0.15) is 33.3 Å². The van der Waals surface area contributed by atoms with Gasteiger partial charge in [-0.2, -0.15) is 0 Å². The highest BCUT2D eigenvalue weighted by molar-refractivity contribution is 5.82. The zero-order chi connectivity index (χ0) is 16.1. The van der Waals surface area contributed by atoms with Crippen LogP contribution in [0.5, 0.6) is 0 Å². The number of nitrogens with zero attached hydrogens (tertiary/aromatic N) is 2. The second kappa shape index (κ2) is 7.70. The summed E-state index contributed by atoms with van der Waals surface area (Å²) in [6, 6.07) is 3.73. The minimum Gasteiger partial charge on any atom is -0.373 e. The van der Waals surface area contributed by atoms with Gasteiger partial charge in [-0.3, -0.25) is 14.7 Å². The molecule has 0 aliphatic carbocycles. The smallest absolute Gasteiger partial charge is 0.237 e. The second-order valence-corrected chi connectivity index (χ2v) is 6.47. The molecule has 1 aliphatic heterocycles. The van der Waals surface area contributed by atoms with Crippen molar-refractivity contribution in [3.8, 4) is 0 Å². The first-order valence-electron chi connectivity index (χ1n) is 8.03. The molecule has 3 atom stereocenters. The monoisotopic (exact) mass is 305 g/mol. The van der Waals surface area contributed by atoms with Gasteiger partial charge in [-0.15, -0.1) is 0 Å². The van der Waals surface area contributed by atoms with Crippen molar-refractivity contribution in [2.75, 3.05) is 13.1 Å². The van der Waals surface area contributed by atoms with Crippen LogP contribution in [0.4, 0.5) is 0 Å². The molecule has 1 saturated heterocycles. The number of carbonyl (C=O) groups is 1. The van der Waals surface area contributed by atoms with Crippen molar-refractivity contribution < 1.29 is 9.53 Å². The number of hydrogen-bond donors (Lipinski definition) is 1. The largest absolute Gasteiger partial charge is 0.373 e. The summed E-state index contributed by atoms with van der Waals surface area (Å²) in [6.45, 7) is 10.5. The second-order valence-electron chi connectivity index (χ2n) is 6.47. The quantitative estimate of drug-likeness (QED) is 0.902. The van der Waals surface area contributed by atoms with E-state index in [-0.39, 0.29) is 30.1 Å². The lowest BCUT2D eigenvalue weighted by Gasteiger charge is -2.41. The van der Waals surface area contributed by atoms with Gasteiger partial charge in [-0.25, -0.2) is 0 Å². The summed E-state index contributed by atoms with van der Waals surface area (Å²) in [4.78, 5) is 18.9. The number of rotatable bonds is 5. The maximum Gasteiger partial charge on any atom is 0.237 e. The van der Waals surface area contributed by atoms with Crippen LogP contribution in [0.15, 0.2) is 24.5 Å². The number of nitrogens with one attached hydrogen (secondary N) is 1. The van der Waals surface area contributed by atoms with Crippen molar-refractivity contribution in [2.45, 2.75) is 52.5 Å². The van der Waals surface area contributed by atoms with E-state index in [0.717, 1.165) is 18.7 Å². The van der Waals surface area contributed by atoms with Crippen LogP contribution >= 0.6 is 0 Å². The molecule has 1 fully saturated rings. The highest BCUT2D eigenvalue weighted by atomic mass is 16.5. The van der Waals surface area contributed by atoms with Gasteiger partial charge in [-0.05, 0) is 37.5 Å². The first kappa shape index (κ1) is 16.9. The van der Waals surface area contributed by atoms with E-state index in [1.54, 1.807) is 12.4 Å². The van der Waals surface area contributed by atoms with Gasteiger partial charge in [0.15, 0.2) is 0 Å². The summed E-state index contributed by atoms with van der Waals surface area (Å²) in [5.41, 5.74) is 1.06. The fourth-order valence-electron chi connectivity index (χ4n) is 3.13. The molecule has 0 aromatic carbocycles. The third-order valence-corrected chi connectivity index (χ3v) is 3.96. The third kappa shape index (κ3) is 4.52. The Morgan fingerprint density at radius 2 is 1.91 bits per heavy atom. The van der Waals surface area contributed by atoms with E-state index in [4.69, 9.17) is 4.74 Å². The molecule has 2 heterocycles. The van der Waals surface area contributed by atoms with E-state index in [0.29, 0.717) is 6.54 Å². The molecule has 5 nitrogen and oxygen atoms in total. The van der Waals surface area contributed by atoms with Crippen LogP contribution < -0.4 is 5.32 Å². The van der Waals surface area contributed by atoms with Gasteiger partial charge in [0.1, 0.15) is 0 Å². The molecule has 1 aromatic rings. The van der Waals surface area contributed by atoms with Gasteiger partial charge in [0.2, 0.25) is 5.91 Å². The molecule has 0 spiro atoms. The number of carbonyl (C=O) groups excluding carboxylic acids is 1. The van der Waals surface area contributed by atoms with Gasteiger partial charge < -0.3 is 10.1 Å². The maximum atomic E-state index is 12.7. The topological polar surface area (TPSA) is 54.5 Å². The lowest BCUT2D eigenvalue weighted by Crippen LogP contribution is -2.56. The van der Waals surface area contributed by atoms with Crippen molar-refractivity contribution in [3.63, 3.8) is 0 Å². The Morgan fingerprint density at radius 3 is 2.45 bits per heavy atom. The Labute approximate surface area is 133 Å². The fraction of sp³-hybridized carbons (Fsp3) is 0.647. The van der Waals surface area contributed by atoms with E-state index in [9.17, 15) is 4.79 Å². The highest BCUT2D eigenvalue weighted by Gasteiger charge is 2.33. The van der Waals surface area contributed by atoms with Gasteiger partial charge in [0.05, 0.1) is 18.2 Å². The average Bonchev–Trinajstić information content (AvgIpc) is 2.45. The van der Waals surface area contributed by atoms with Gasteiger partial charge in [0.25, 0.3) is 0 Å². The summed E-state index contributed by atoms with van der Waals surface area (Å²) in [5, 5.41) is 3.06. The fourth-order valence-corrected chi connectivity index (χ4v) is 3.13. The molecule has 0 saturated carbocycles. The molecule has 1 N–H and O–H groups in total. The van der Waals surface area contributed by atoms with Gasteiger partial charge in [0, 0.05) is 32.0 Å². The molecule has 0 radical (unpaired) electrons. The van der Waals surface area contributed by atoms with Crippen LogP contribution in [-0.4, -0.2) is 47.1 Å². The molecular weight excluding hydrogens is 278 g/mol. The number of hydrogen-bond acceptors (Lipinski definition) is 4. The number of ether oxygens (including phenoxy) is 1. The first-order chi connectivity index (χ1) is 10.5. The Kier molecular flexibility index (Phi) is 5.91. The lowest BCUT2D eigenvalue weighted by atomic mass is 9.99. The average molecular weight is 305 g/mol. The maximum absolute atomic E-state index is 12.7. The van der Waals surface area contributed by atoms with Crippen LogP contribution in [0, 0.1) is 5.92 Å². The lowest BCUT2D eigenvalue weighted by molar-refractivity contribution is -0.135. The molecular formula is C17H27N3O2. The number of amides is 1. The van der Waals surface area contributed by atoms with Crippen molar-refractivity contribution in [2.24, 2.45) is 5.92 Å². The van der Waals surface area contributed by atoms with Crippen LogP contribution in [0.2, 0.25) is 0 Å². The van der Waals surface area contributed by atoms with E-state index >= 15 is 0 Å². The van der Waals surface area contributed by atoms with Crippen molar-refractivity contribution >= 4 is 5.91 Å². The first-order valence-corrected chi connectivity index (χ1v) is 8.03. The van der Waals surface area contributed by atoms with Gasteiger partial charge >= 0.3 is 0 Å².